The van der Waals surface area contributed by atoms with E-state index in [9.17, 15) is 9.59 Å². The normalized spacial score (nSPS) is 23.5. The third-order valence-corrected chi connectivity index (χ3v) is 5.31. The van der Waals surface area contributed by atoms with Gasteiger partial charge in [0.05, 0.1) is 12.6 Å². The first-order valence-electron chi connectivity index (χ1n) is 8.30. The van der Waals surface area contributed by atoms with Crippen molar-refractivity contribution < 1.29 is 14.3 Å². The first kappa shape index (κ1) is 16.0. The van der Waals surface area contributed by atoms with Crippen LogP contribution in [0.25, 0.3) is 0 Å². The van der Waals surface area contributed by atoms with Crippen LogP contribution in [0, 0.1) is 5.41 Å². The van der Waals surface area contributed by atoms with Crippen molar-refractivity contribution >= 4 is 11.8 Å². The predicted octanol–water partition coefficient (Wildman–Crippen LogP) is 1.83. The van der Waals surface area contributed by atoms with Gasteiger partial charge in [-0.25, -0.2) is 0 Å². The quantitative estimate of drug-likeness (QED) is 0.905. The van der Waals surface area contributed by atoms with Crippen molar-refractivity contribution in [3.8, 4) is 0 Å². The molecule has 0 aromatic heterocycles. The molecule has 23 heavy (non-hydrogen) atoms. The number of likely N-dealkylation sites (tertiary alicyclic amines) is 1. The van der Waals surface area contributed by atoms with E-state index >= 15 is 0 Å². The summed E-state index contributed by atoms with van der Waals surface area (Å²) in [5, 5.41) is 3.17. The van der Waals surface area contributed by atoms with E-state index in [1.807, 2.05) is 35.2 Å². The lowest BCUT2D eigenvalue weighted by atomic mass is 9.69. The lowest BCUT2D eigenvalue weighted by molar-refractivity contribution is -0.133. The van der Waals surface area contributed by atoms with E-state index in [0.717, 1.165) is 39.0 Å². The van der Waals surface area contributed by atoms with E-state index in [1.54, 1.807) is 6.92 Å². The topological polar surface area (TPSA) is 58.6 Å². The Balaban J connectivity index is 1.70. The van der Waals surface area contributed by atoms with Gasteiger partial charge >= 0.3 is 0 Å². The Hall–Kier alpha value is -1.88. The zero-order valence-electron chi connectivity index (χ0n) is 13.6. The van der Waals surface area contributed by atoms with Gasteiger partial charge in [0.1, 0.15) is 0 Å². The number of amides is 2. The van der Waals surface area contributed by atoms with Crippen molar-refractivity contribution in [2.75, 3.05) is 26.3 Å². The number of hydrogen-bond donors (Lipinski definition) is 1. The van der Waals surface area contributed by atoms with E-state index in [1.165, 1.54) is 0 Å². The summed E-state index contributed by atoms with van der Waals surface area (Å²) in [6.07, 6.45) is 2.80. The fourth-order valence-electron chi connectivity index (χ4n) is 3.72. The third-order valence-electron chi connectivity index (χ3n) is 5.31. The maximum absolute atomic E-state index is 12.5. The highest BCUT2D eigenvalue weighted by atomic mass is 16.5. The molecule has 3 rings (SSSR count). The molecular weight excluding hydrogens is 292 g/mol. The number of benzene rings is 1. The van der Waals surface area contributed by atoms with Gasteiger partial charge in [-0.05, 0) is 36.8 Å². The van der Waals surface area contributed by atoms with Gasteiger partial charge in [0.2, 0.25) is 5.91 Å². The minimum Gasteiger partial charge on any atom is -0.379 e. The zero-order chi connectivity index (χ0) is 16.3. The van der Waals surface area contributed by atoms with E-state index in [0.29, 0.717) is 12.2 Å². The van der Waals surface area contributed by atoms with Gasteiger partial charge in [-0.15, -0.1) is 0 Å². The average molecular weight is 316 g/mol. The number of hydrogen-bond acceptors (Lipinski definition) is 3. The van der Waals surface area contributed by atoms with Crippen molar-refractivity contribution in [3.05, 3.63) is 35.9 Å². The molecule has 2 heterocycles. The number of nitrogens with one attached hydrogen (secondary N) is 1. The zero-order valence-corrected chi connectivity index (χ0v) is 13.6. The molecule has 1 aromatic carbocycles. The molecule has 0 unspecified atom stereocenters. The molecule has 1 N–H and O–H groups in total. The summed E-state index contributed by atoms with van der Waals surface area (Å²) in [5.74, 6) is 0.0891. The first-order chi connectivity index (χ1) is 11.1. The highest BCUT2D eigenvalue weighted by Gasteiger charge is 2.44. The maximum atomic E-state index is 12.5. The average Bonchev–Trinajstić information content (AvgIpc) is 2.58. The summed E-state index contributed by atoms with van der Waals surface area (Å²) in [6.45, 7) is 4.45. The lowest BCUT2D eigenvalue weighted by Gasteiger charge is -2.49. The van der Waals surface area contributed by atoms with Crippen LogP contribution in [-0.2, 0) is 9.53 Å². The Morgan fingerprint density at radius 1 is 1.17 bits per heavy atom. The molecule has 0 saturated carbocycles. The molecular formula is C18H24N2O3. The predicted molar refractivity (Wildman–Crippen MR) is 87.1 cm³/mol. The van der Waals surface area contributed by atoms with Crippen molar-refractivity contribution in [2.24, 2.45) is 5.41 Å². The first-order valence-corrected chi connectivity index (χ1v) is 8.30. The molecule has 2 aliphatic rings. The summed E-state index contributed by atoms with van der Waals surface area (Å²) in [5.41, 5.74) is 0.726. The van der Waals surface area contributed by atoms with Crippen LogP contribution in [0.1, 0.15) is 36.5 Å². The SMILES string of the molecule is CC(=O)N1CCC2(CCOC[C@H]2NC(=O)c2ccccc2)CC1. The Bertz CT molecular complexity index is 565. The molecule has 5 nitrogen and oxygen atoms in total. The van der Waals surface area contributed by atoms with Gasteiger partial charge in [0.25, 0.3) is 5.91 Å². The Labute approximate surface area is 137 Å². The van der Waals surface area contributed by atoms with Crippen molar-refractivity contribution in [1.29, 1.82) is 0 Å². The van der Waals surface area contributed by atoms with E-state index in [2.05, 4.69) is 5.32 Å². The number of ether oxygens (including phenoxy) is 1. The standard InChI is InChI=1S/C18H24N2O3/c1-14(21)20-10-7-18(8-11-20)9-12-23-13-16(18)19-17(22)15-5-3-2-4-6-15/h2-6,16H,7-13H2,1H3,(H,19,22)/t16-/m1/s1. The Kier molecular flexibility index (Phi) is 4.66. The molecule has 2 fully saturated rings. The molecule has 0 radical (unpaired) electrons. The minimum atomic E-state index is -0.0468. The van der Waals surface area contributed by atoms with E-state index in [4.69, 9.17) is 4.74 Å². The molecule has 2 saturated heterocycles. The molecule has 124 valence electrons. The Morgan fingerprint density at radius 3 is 2.52 bits per heavy atom. The summed E-state index contributed by atoms with van der Waals surface area (Å²) >= 11 is 0. The number of carbonyl (C=O) groups excluding carboxylic acids is 2. The fraction of sp³-hybridized carbons (Fsp3) is 0.556. The molecule has 0 bridgehead atoms. The second-order valence-corrected chi connectivity index (χ2v) is 6.59. The van der Waals surface area contributed by atoms with Gasteiger partial charge in [0, 0.05) is 32.2 Å². The van der Waals surface area contributed by atoms with Gasteiger partial charge < -0.3 is 15.0 Å². The highest BCUT2D eigenvalue weighted by Crippen LogP contribution is 2.41. The van der Waals surface area contributed by atoms with Crippen LogP contribution in [-0.4, -0.2) is 49.1 Å². The van der Waals surface area contributed by atoms with Crippen LogP contribution in [0.3, 0.4) is 0 Å². The minimum absolute atomic E-state index is 0.0121. The Morgan fingerprint density at radius 2 is 1.87 bits per heavy atom. The van der Waals surface area contributed by atoms with Gasteiger partial charge in [-0.1, -0.05) is 18.2 Å². The summed E-state index contributed by atoms with van der Waals surface area (Å²) in [6, 6.07) is 9.30. The molecule has 1 spiro atoms. The van der Waals surface area contributed by atoms with Crippen LogP contribution >= 0.6 is 0 Å². The number of nitrogens with zero attached hydrogens (tertiary/aromatic N) is 1. The number of piperidine rings is 1. The van der Waals surface area contributed by atoms with E-state index in [-0.39, 0.29) is 23.3 Å². The van der Waals surface area contributed by atoms with Crippen LogP contribution in [0.5, 0.6) is 0 Å². The molecule has 1 aromatic rings. The number of carbonyl (C=O) groups is 2. The summed E-state index contributed by atoms with van der Waals surface area (Å²) < 4.78 is 5.63. The molecule has 2 amide bonds. The summed E-state index contributed by atoms with van der Waals surface area (Å²) in [4.78, 5) is 25.9. The van der Waals surface area contributed by atoms with E-state index < -0.39 is 0 Å². The van der Waals surface area contributed by atoms with Crippen molar-refractivity contribution in [3.63, 3.8) is 0 Å². The second-order valence-electron chi connectivity index (χ2n) is 6.59. The molecule has 5 heteroatoms. The van der Waals surface area contributed by atoms with Crippen molar-refractivity contribution in [1.82, 2.24) is 10.2 Å². The largest absolute Gasteiger partial charge is 0.379 e. The summed E-state index contributed by atoms with van der Waals surface area (Å²) in [7, 11) is 0. The van der Waals surface area contributed by atoms with Gasteiger partial charge in [-0.2, -0.15) is 0 Å². The maximum Gasteiger partial charge on any atom is 0.251 e. The van der Waals surface area contributed by atoms with Crippen LogP contribution in [0.15, 0.2) is 30.3 Å². The smallest absolute Gasteiger partial charge is 0.251 e. The molecule has 1 atom stereocenters. The van der Waals surface area contributed by atoms with Gasteiger partial charge in [0.15, 0.2) is 0 Å². The second kappa shape index (κ2) is 6.71. The fourth-order valence-corrected chi connectivity index (χ4v) is 3.72. The number of rotatable bonds is 2. The monoisotopic (exact) mass is 316 g/mol. The lowest BCUT2D eigenvalue weighted by Crippen LogP contribution is -2.57. The van der Waals surface area contributed by atoms with Crippen LogP contribution < -0.4 is 5.32 Å². The van der Waals surface area contributed by atoms with Crippen LogP contribution in [0.4, 0.5) is 0 Å². The van der Waals surface area contributed by atoms with Crippen molar-refractivity contribution in [2.45, 2.75) is 32.2 Å². The van der Waals surface area contributed by atoms with Gasteiger partial charge in [-0.3, -0.25) is 9.59 Å². The third kappa shape index (κ3) is 3.39. The highest BCUT2D eigenvalue weighted by molar-refractivity contribution is 5.94. The molecule has 0 aliphatic carbocycles. The molecule has 2 aliphatic heterocycles. The van der Waals surface area contributed by atoms with Crippen LogP contribution in [0.2, 0.25) is 0 Å².